The standard InChI is InChI=1S/C25H39N5O2/c1-20-9-11-28(12-10-20)19-22-7-5-21(6-8-22)18-27-25(26-2)30-15-13-29(14-16-30)24(31)23-4-3-17-32-23/h5-8,20,23H,3-4,9-19H2,1-2H3,(H,26,27). The van der Waals surface area contributed by atoms with E-state index < -0.39 is 0 Å². The highest BCUT2D eigenvalue weighted by Gasteiger charge is 2.30. The molecule has 1 amide bonds. The third-order valence-corrected chi connectivity index (χ3v) is 7.06. The second-order valence-corrected chi connectivity index (χ2v) is 9.49. The number of aliphatic imine (C=N–C) groups is 1. The number of nitrogens with one attached hydrogen (secondary N) is 1. The molecule has 1 N–H and O–H groups in total. The molecule has 0 spiro atoms. The van der Waals surface area contributed by atoms with Crippen molar-refractivity contribution in [2.24, 2.45) is 10.9 Å². The average Bonchev–Trinajstić information content (AvgIpc) is 3.37. The Morgan fingerprint density at radius 2 is 1.66 bits per heavy atom. The summed E-state index contributed by atoms with van der Waals surface area (Å²) in [6.07, 6.45) is 4.26. The van der Waals surface area contributed by atoms with Gasteiger partial charge in [-0.1, -0.05) is 31.2 Å². The van der Waals surface area contributed by atoms with E-state index in [9.17, 15) is 4.79 Å². The molecule has 1 aromatic rings. The van der Waals surface area contributed by atoms with Gasteiger partial charge in [0.05, 0.1) is 0 Å². The van der Waals surface area contributed by atoms with Gasteiger partial charge in [-0.25, -0.2) is 0 Å². The Hall–Kier alpha value is -2.12. The van der Waals surface area contributed by atoms with Crippen molar-refractivity contribution in [3.05, 3.63) is 35.4 Å². The minimum absolute atomic E-state index is 0.157. The lowest BCUT2D eigenvalue weighted by Gasteiger charge is -2.37. The van der Waals surface area contributed by atoms with Crippen LogP contribution in [-0.4, -0.2) is 85.6 Å². The highest BCUT2D eigenvalue weighted by molar-refractivity contribution is 5.82. The fraction of sp³-hybridized carbons (Fsp3) is 0.680. The molecule has 0 aliphatic carbocycles. The topological polar surface area (TPSA) is 60.4 Å². The predicted octanol–water partition coefficient (Wildman–Crippen LogP) is 2.32. The smallest absolute Gasteiger partial charge is 0.251 e. The molecule has 3 saturated heterocycles. The maximum absolute atomic E-state index is 12.6. The number of carbonyl (C=O) groups excluding carboxylic acids is 1. The number of guanidine groups is 1. The normalized spacial score (nSPS) is 23.6. The molecule has 4 rings (SSSR count). The SMILES string of the molecule is CN=C(NCc1ccc(CN2CCC(C)CC2)cc1)N1CCN(C(=O)C2CCCO2)CC1. The van der Waals surface area contributed by atoms with Crippen molar-refractivity contribution >= 4 is 11.9 Å². The van der Waals surface area contributed by atoms with Crippen molar-refractivity contribution in [2.75, 3.05) is 52.9 Å². The summed E-state index contributed by atoms with van der Waals surface area (Å²) in [5, 5.41) is 3.50. The third-order valence-electron chi connectivity index (χ3n) is 7.06. The van der Waals surface area contributed by atoms with E-state index >= 15 is 0 Å². The minimum atomic E-state index is -0.222. The Kier molecular flexibility index (Phi) is 8.03. The number of benzene rings is 1. The zero-order valence-electron chi connectivity index (χ0n) is 19.8. The molecule has 3 aliphatic rings. The van der Waals surface area contributed by atoms with Gasteiger partial charge in [0.25, 0.3) is 5.91 Å². The number of hydrogen-bond donors (Lipinski definition) is 1. The summed E-state index contributed by atoms with van der Waals surface area (Å²) in [6, 6.07) is 8.96. The largest absolute Gasteiger partial charge is 0.368 e. The monoisotopic (exact) mass is 441 g/mol. The average molecular weight is 442 g/mol. The summed E-state index contributed by atoms with van der Waals surface area (Å²) < 4.78 is 5.56. The van der Waals surface area contributed by atoms with Gasteiger partial charge < -0.3 is 19.9 Å². The van der Waals surface area contributed by atoms with Crippen molar-refractivity contribution in [1.29, 1.82) is 0 Å². The Balaban J connectivity index is 1.21. The van der Waals surface area contributed by atoms with Crippen LogP contribution in [0.5, 0.6) is 0 Å². The van der Waals surface area contributed by atoms with E-state index in [-0.39, 0.29) is 12.0 Å². The second kappa shape index (κ2) is 11.1. The quantitative estimate of drug-likeness (QED) is 0.561. The lowest BCUT2D eigenvalue weighted by Crippen LogP contribution is -2.55. The van der Waals surface area contributed by atoms with Gasteiger partial charge >= 0.3 is 0 Å². The molecule has 1 atom stereocenters. The number of carbonyl (C=O) groups is 1. The van der Waals surface area contributed by atoms with Gasteiger partial charge in [0.2, 0.25) is 0 Å². The summed E-state index contributed by atoms with van der Waals surface area (Å²) >= 11 is 0. The highest BCUT2D eigenvalue weighted by atomic mass is 16.5. The number of hydrogen-bond acceptors (Lipinski definition) is 4. The van der Waals surface area contributed by atoms with Gasteiger partial charge in [0, 0.05) is 52.9 Å². The van der Waals surface area contributed by atoms with E-state index in [0.717, 1.165) is 64.0 Å². The van der Waals surface area contributed by atoms with Crippen LogP contribution < -0.4 is 5.32 Å². The number of piperazine rings is 1. The highest BCUT2D eigenvalue weighted by Crippen LogP contribution is 2.19. The first-order valence-electron chi connectivity index (χ1n) is 12.3. The second-order valence-electron chi connectivity index (χ2n) is 9.49. The van der Waals surface area contributed by atoms with Crippen LogP contribution in [-0.2, 0) is 22.6 Å². The molecule has 3 aliphatic heterocycles. The number of ether oxygens (including phenoxy) is 1. The lowest BCUT2D eigenvalue weighted by atomic mass is 9.99. The molecule has 0 bridgehead atoms. The first kappa shape index (κ1) is 23.1. The Labute approximate surface area is 192 Å². The van der Waals surface area contributed by atoms with E-state index in [2.05, 4.69) is 51.3 Å². The number of piperidine rings is 1. The van der Waals surface area contributed by atoms with Crippen LogP contribution in [0, 0.1) is 5.92 Å². The molecule has 32 heavy (non-hydrogen) atoms. The van der Waals surface area contributed by atoms with Crippen molar-refractivity contribution in [2.45, 2.75) is 51.8 Å². The van der Waals surface area contributed by atoms with Gasteiger partial charge in [-0.15, -0.1) is 0 Å². The maximum atomic E-state index is 12.6. The van der Waals surface area contributed by atoms with Crippen LogP contribution in [0.25, 0.3) is 0 Å². The van der Waals surface area contributed by atoms with E-state index in [0.29, 0.717) is 6.61 Å². The molecule has 0 saturated carbocycles. The molecule has 3 heterocycles. The van der Waals surface area contributed by atoms with Gasteiger partial charge in [-0.3, -0.25) is 14.7 Å². The molecule has 7 heteroatoms. The fourth-order valence-corrected chi connectivity index (χ4v) is 4.87. The number of rotatable bonds is 5. The number of amides is 1. The first-order valence-corrected chi connectivity index (χ1v) is 12.3. The van der Waals surface area contributed by atoms with Crippen LogP contribution in [0.3, 0.4) is 0 Å². The van der Waals surface area contributed by atoms with Crippen molar-refractivity contribution in [1.82, 2.24) is 20.0 Å². The van der Waals surface area contributed by atoms with E-state index in [1.807, 2.05) is 11.9 Å². The van der Waals surface area contributed by atoms with Gasteiger partial charge in [0.15, 0.2) is 5.96 Å². The molecule has 7 nitrogen and oxygen atoms in total. The van der Waals surface area contributed by atoms with E-state index in [1.165, 1.54) is 37.1 Å². The zero-order valence-corrected chi connectivity index (χ0v) is 19.8. The van der Waals surface area contributed by atoms with Gasteiger partial charge in [-0.05, 0) is 55.8 Å². The van der Waals surface area contributed by atoms with Gasteiger partial charge in [-0.2, -0.15) is 0 Å². The molecule has 176 valence electrons. The third kappa shape index (κ3) is 6.01. The molecule has 1 aromatic carbocycles. The van der Waals surface area contributed by atoms with Crippen LogP contribution in [0.4, 0.5) is 0 Å². The van der Waals surface area contributed by atoms with Crippen LogP contribution >= 0.6 is 0 Å². The summed E-state index contributed by atoms with van der Waals surface area (Å²) in [5.74, 6) is 1.93. The van der Waals surface area contributed by atoms with E-state index in [4.69, 9.17) is 4.74 Å². The zero-order chi connectivity index (χ0) is 22.3. The lowest BCUT2D eigenvalue weighted by molar-refractivity contribution is -0.142. The molecule has 3 fully saturated rings. The summed E-state index contributed by atoms with van der Waals surface area (Å²) in [6.45, 7) is 10.4. The fourth-order valence-electron chi connectivity index (χ4n) is 4.87. The summed E-state index contributed by atoms with van der Waals surface area (Å²) in [4.78, 5) is 23.8. The Morgan fingerprint density at radius 3 is 2.28 bits per heavy atom. The molecular weight excluding hydrogens is 402 g/mol. The van der Waals surface area contributed by atoms with Crippen LogP contribution in [0.1, 0.15) is 43.7 Å². The van der Waals surface area contributed by atoms with Crippen LogP contribution in [0.15, 0.2) is 29.3 Å². The predicted molar refractivity (Wildman–Crippen MR) is 127 cm³/mol. The first-order chi connectivity index (χ1) is 15.6. The van der Waals surface area contributed by atoms with Crippen molar-refractivity contribution in [3.8, 4) is 0 Å². The summed E-state index contributed by atoms with van der Waals surface area (Å²) in [5.41, 5.74) is 2.65. The summed E-state index contributed by atoms with van der Waals surface area (Å²) in [7, 11) is 1.83. The maximum Gasteiger partial charge on any atom is 0.251 e. The van der Waals surface area contributed by atoms with Crippen LogP contribution in [0.2, 0.25) is 0 Å². The Morgan fingerprint density at radius 1 is 1.00 bits per heavy atom. The molecule has 0 aromatic heterocycles. The minimum Gasteiger partial charge on any atom is -0.368 e. The van der Waals surface area contributed by atoms with Gasteiger partial charge in [0.1, 0.15) is 6.10 Å². The molecular formula is C25H39N5O2. The molecule has 0 radical (unpaired) electrons. The molecule has 1 unspecified atom stereocenters. The van der Waals surface area contributed by atoms with E-state index in [1.54, 1.807) is 0 Å². The van der Waals surface area contributed by atoms with Crippen molar-refractivity contribution in [3.63, 3.8) is 0 Å². The number of nitrogens with zero attached hydrogens (tertiary/aromatic N) is 4. The Bertz CT molecular complexity index is 759. The van der Waals surface area contributed by atoms with Crippen molar-refractivity contribution < 1.29 is 9.53 Å². The number of likely N-dealkylation sites (tertiary alicyclic amines) is 1.